The molecule has 0 aromatic heterocycles. The average molecular weight is 272 g/mol. The fourth-order valence-electron chi connectivity index (χ4n) is 2.20. The zero-order valence-electron chi connectivity index (χ0n) is 10.7. The third-order valence-electron chi connectivity index (χ3n) is 3.13. The highest BCUT2D eigenvalue weighted by Crippen LogP contribution is 2.34. The maximum Gasteiger partial charge on any atom is 0.182 e. The molecule has 1 heterocycles. The lowest BCUT2D eigenvalue weighted by Gasteiger charge is -2.39. The Bertz CT molecular complexity index is 449. The van der Waals surface area contributed by atoms with Gasteiger partial charge in [0, 0.05) is 35.7 Å². The molecule has 1 saturated heterocycles. The van der Waals surface area contributed by atoms with E-state index in [0.717, 1.165) is 18.8 Å². The molecule has 0 unspecified atom stereocenters. The van der Waals surface area contributed by atoms with Gasteiger partial charge in [-0.3, -0.25) is 0 Å². The maximum atomic E-state index is 14.0. The molecule has 5 heteroatoms. The molecule has 0 atom stereocenters. The van der Waals surface area contributed by atoms with Crippen LogP contribution in [0.1, 0.15) is 19.4 Å². The van der Waals surface area contributed by atoms with Crippen molar-refractivity contribution in [3.8, 4) is 0 Å². The Hall–Kier alpha value is -0.810. The molecule has 1 aliphatic heterocycles. The summed E-state index contributed by atoms with van der Waals surface area (Å²) in [5, 5.41) is 0. The topological polar surface area (TPSA) is 29.3 Å². The summed E-state index contributed by atoms with van der Waals surface area (Å²) >= 11 is 1.86. The molecule has 2 N–H and O–H groups in total. The Kier molecular flexibility index (Phi) is 3.82. The summed E-state index contributed by atoms with van der Waals surface area (Å²) in [4.78, 5) is 1.91. The van der Waals surface area contributed by atoms with Crippen molar-refractivity contribution in [2.45, 2.75) is 25.1 Å². The van der Waals surface area contributed by atoms with Gasteiger partial charge < -0.3 is 10.6 Å². The lowest BCUT2D eigenvalue weighted by molar-refractivity contribution is 0.494. The van der Waals surface area contributed by atoms with Crippen molar-refractivity contribution < 1.29 is 8.78 Å². The summed E-state index contributed by atoms with van der Waals surface area (Å²) in [7, 11) is 0. The van der Waals surface area contributed by atoms with E-state index < -0.39 is 11.6 Å². The molecule has 100 valence electrons. The Balaban J connectivity index is 2.31. The number of hydrogen-bond acceptors (Lipinski definition) is 3. The molecule has 0 radical (unpaired) electrons. The molecule has 0 saturated carbocycles. The van der Waals surface area contributed by atoms with Crippen LogP contribution in [0.25, 0.3) is 0 Å². The van der Waals surface area contributed by atoms with E-state index in [2.05, 4.69) is 13.8 Å². The SMILES string of the molecule is CC1(C)CN(c2ccc(CN)c(F)c2F)CCS1. The van der Waals surface area contributed by atoms with Crippen LogP contribution in [0.2, 0.25) is 0 Å². The first-order valence-corrected chi connectivity index (χ1v) is 6.99. The average Bonchev–Trinajstić information content (AvgIpc) is 2.31. The summed E-state index contributed by atoms with van der Waals surface area (Å²) in [5.41, 5.74) is 5.94. The van der Waals surface area contributed by atoms with Crippen LogP contribution in [0.15, 0.2) is 12.1 Å². The molecule has 0 amide bonds. The van der Waals surface area contributed by atoms with E-state index in [4.69, 9.17) is 5.73 Å². The van der Waals surface area contributed by atoms with Gasteiger partial charge >= 0.3 is 0 Å². The van der Waals surface area contributed by atoms with Gasteiger partial charge in [0.1, 0.15) is 0 Å². The predicted molar refractivity (Wildman–Crippen MR) is 73.0 cm³/mol. The van der Waals surface area contributed by atoms with Crippen molar-refractivity contribution in [1.29, 1.82) is 0 Å². The molecule has 1 aromatic carbocycles. The molecule has 2 rings (SSSR count). The Labute approximate surface area is 111 Å². The first-order valence-electron chi connectivity index (χ1n) is 6.00. The van der Waals surface area contributed by atoms with Crippen molar-refractivity contribution in [2.24, 2.45) is 5.73 Å². The number of anilines is 1. The summed E-state index contributed by atoms with van der Waals surface area (Å²) in [6.07, 6.45) is 0. The fraction of sp³-hybridized carbons (Fsp3) is 0.538. The van der Waals surface area contributed by atoms with Gasteiger partial charge in [0.15, 0.2) is 11.6 Å². The van der Waals surface area contributed by atoms with Gasteiger partial charge in [-0.2, -0.15) is 11.8 Å². The first-order chi connectivity index (χ1) is 8.44. The van der Waals surface area contributed by atoms with Gasteiger partial charge in [-0.1, -0.05) is 6.07 Å². The highest BCUT2D eigenvalue weighted by atomic mass is 32.2. The maximum absolute atomic E-state index is 14.0. The molecule has 1 fully saturated rings. The van der Waals surface area contributed by atoms with Crippen LogP contribution < -0.4 is 10.6 Å². The van der Waals surface area contributed by atoms with Gasteiger partial charge in [0.05, 0.1) is 5.69 Å². The quantitative estimate of drug-likeness (QED) is 0.897. The third kappa shape index (κ3) is 2.62. The van der Waals surface area contributed by atoms with Gasteiger partial charge in [-0.15, -0.1) is 0 Å². The molecule has 0 spiro atoms. The van der Waals surface area contributed by atoms with Gasteiger partial charge in [-0.05, 0) is 19.9 Å². The van der Waals surface area contributed by atoms with E-state index in [-0.39, 0.29) is 16.9 Å². The van der Waals surface area contributed by atoms with Crippen molar-refractivity contribution >= 4 is 17.4 Å². The number of benzene rings is 1. The molecular weight excluding hydrogens is 254 g/mol. The minimum absolute atomic E-state index is 0.0182. The third-order valence-corrected chi connectivity index (χ3v) is 4.43. The van der Waals surface area contributed by atoms with E-state index in [1.165, 1.54) is 0 Å². The van der Waals surface area contributed by atoms with Crippen LogP contribution in [-0.2, 0) is 6.54 Å². The number of hydrogen-bond donors (Lipinski definition) is 1. The minimum atomic E-state index is -0.814. The van der Waals surface area contributed by atoms with Gasteiger partial charge in [-0.25, -0.2) is 8.78 Å². The molecule has 1 aromatic rings. The van der Waals surface area contributed by atoms with Crippen LogP contribution in [0, 0.1) is 11.6 Å². The normalized spacial score (nSPS) is 19.1. The molecule has 0 bridgehead atoms. The van der Waals surface area contributed by atoms with Crippen LogP contribution in [0.5, 0.6) is 0 Å². The van der Waals surface area contributed by atoms with Crippen LogP contribution in [0.4, 0.5) is 14.5 Å². The first kappa shape index (κ1) is 13.6. The summed E-state index contributed by atoms with van der Waals surface area (Å²) < 4.78 is 27.8. The van der Waals surface area contributed by atoms with E-state index in [9.17, 15) is 8.78 Å². The molecular formula is C13H18F2N2S. The Morgan fingerprint density at radius 3 is 2.67 bits per heavy atom. The summed E-state index contributed by atoms with van der Waals surface area (Å²) in [5.74, 6) is -0.668. The standard InChI is InChI=1S/C13H18F2N2S/c1-13(2)8-17(5-6-18-13)10-4-3-9(7-16)11(14)12(10)15/h3-4H,5-8,16H2,1-2H3. The Morgan fingerprint density at radius 2 is 2.06 bits per heavy atom. The predicted octanol–water partition coefficient (Wildman–Crippen LogP) is 2.76. The number of thioether (sulfide) groups is 1. The van der Waals surface area contributed by atoms with Crippen LogP contribution >= 0.6 is 11.8 Å². The van der Waals surface area contributed by atoms with E-state index in [1.807, 2.05) is 16.7 Å². The lowest BCUT2D eigenvalue weighted by atomic mass is 10.1. The second kappa shape index (κ2) is 5.05. The lowest BCUT2D eigenvalue weighted by Crippen LogP contribution is -2.43. The fourth-order valence-corrected chi connectivity index (χ4v) is 3.31. The van der Waals surface area contributed by atoms with Gasteiger partial charge in [0.25, 0.3) is 0 Å². The number of rotatable bonds is 2. The largest absolute Gasteiger partial charge is 0.367 e. The number of nitrogens with two attached hydrogens (primary N) is 1. The highest BCUT2D eigenvalue weighted by Gasteiger charge is 2.29. The summed E-state index contributed by atoms with van der Waals surface area (Å²) in [6, 6.07) is 3.20. The number of nitrogens with zero attached hydrogens (tertiary/aromatic N) is 1. The minimum Gasteiger partial charge on any atom is -0.367 e. The number of halogens is 2. The van der Waals surface area contributed by atoms with Crippen molar-refractivity contribution in [3.05, 3.63) is 29.3 Å². The second-order valence-electron chi connectivity index (χ2n) is 5.11. The smallest absolute Gasteiger partial charge is 0.182 e. The Morgan fingerprint density at radius 1 is 1.33 bits per heavy atom. The van der Waals surface area contributed by atoms with Crippen molar-refractivity contribution in [2.75, 3.05) is 23.7 Å². The molecule has 2 nitrogen and oxygen atoms in total. The van der Waals surface area contributed by atoms with Gasteiger partial charge in [0.2, 0.25) is 0 Å². The zero-order valence-corrected chi connectivity index (χ0v) is 11.5. The molecule has 1 aliphatic rings. The highest BCUT2D eigenvalue weighted by molar-refractivity contribution is 8.00. The van der Waals surface area contributed by atoms with E-state index in [1.54, 1.807) is 12.1 Å². The zero-order chi connectivity index (χ0) is 13.3. The summed E-state index contributed by atoms with van der Waals surface area (Å²) in [6.45, 7) is 5.71. The van der Waals surface area contributed by atoms with Crippen molar-refractivity contribution in [1.82, 2.24) is 0 Å². The van der Waals surface area contributed by atoms with Crippen molar-refractivity contribution in [3.63, 3.8) is 0 Å². The van der Waals surface area contributed by atoms with E-state index >= 15 is 0 Å². The monoisotopic (exact) mass is 272 g/mol. The molecule has 18 heavy (non-hydrogen) atoms. The van der Waals surface area contributed by atoms with E-state index in [0.29, 0.717) is 5.69 Å². The second-order valence-corrected chi connectivity index (χ2v) is 6.91. The van der Waals surface area contributed by atoms with Crippen LogP contribution in [0.3, 0.4) is 0 Å². The van der Waals surface area contributed by atoms with Crippen LogP contribution in [-0.4, -0.2) is 23.6 Å². The molecule has 0 aliphatic carbocycles.